The first-order valence-electron chi connectivity index (χ1n) is 8.32. The molecule has 128 valence electrons. The number of aromatic nitrogens is 3. The molecular formula is C18H18N4OS2. The molecule has 7 heteroatoms. The Kier molecular flexibility index (Phi) is 4.85. The smallest absolute Gasteiger partial charge is 0.233 e. The highest BCUT2D eigenvalue weighted by molar-refractivity contribution is 8.00. The van der Waals surface area contributed by atoms with E-state index in [0.29, 0.717) is 0 Å². The Morgan fingerprint density at radius 3 is 2.80 bits per heavy atom. The monoisotopic (exact) mass is 370 g/mol. The van der Waals surface area contributed by atoms with E-state index >= 15 is 0 Å². The second kappa shape index (κ2) is 7.41. The van der Waals surface area contributed by atoms with Gasteiger partial charge >= 0.3 is 0 Å². The lowest BCUT2D eigenvalue weighted by Crippen LogP contribution is -2.30. The maximum absolute atomic E-state index is 12.3. The van der Waals surface area contributed by atoms with Crippen molar-refractivity contribution in [3.8, 4) is 16.4 Å². The van der Waals surface area contributed by atoms with E-state index in [0.717, 1.165) is 47.4 Å². The van der Waals surface area contributed by atoms with Gasteiger partial charge in [-0.15, -0.1) is 21.5 Å². The number of nitrogens with zero attached hydrogens (tertiary/aromatic N) is 3. The summed E-state index contributed by atoms with van der Waals surface area (Å²) in [5.41, 5.74) is 1.01. The second-order valence-corrected chi connectivity index (χ2v) is 7.97. The molecule has 1 aromatic carbocycles. The van der Waals surface area contributed by atoms with Gasteiger partial charge in [0.25, 0.3) is 0 Å². The van der Waals surface area contributed by atoms with Crippen LogP contribution in [0.3, 0.4) is 0 Å². The molecule has 1 N–H and O–H groups in total. The molecule has 0 spiro atoms. The topological polar surface area (TPSA) is 59.8 Å². The van der Waals surface area contributed by atoms with Gasteiger partial charge in [0.05, 0.1) is 10.1 Å². The third-order valence-electron chi connectivity index (χ3n) is 4.12. The minimum Gasteiger partial charge on any atom is -0.355 e. The van der Waals surface area contributed by atoms with Crippen molar-refractivity contribution in [3.63, 3.8) is 0 Å². The Bertz CT molecular complexity index is 845. The van der Waals surface area contributed by atoms with Crippen LogP contribution in [0, 0.1) is 0 Å². The van der Waals surface area contributed by atoms with Crippen LogP contribution in [0.15, 0.2) is 53.0 Å². The zero-order chi connectivity index (χ0) is 17.1. The van der Waals surface area contributed by atoms with Gasteiger partial charge in [0, 0.05) is 12.2 Å². The number of hydrogen-bond acceptors (Lipinski definition) is 5. The molecule has 1 aliphatic heterocycles. The molecule has 1 aliphatic rings. The van der Waals surface area contributed by atoms with E-state index < -0.39 is 0 Å². The molecule has 1 atom stereocenters. The number of nitrogens with one attached hydrogen (secondary N) is 1. The molecule has 4 rings (SSSR count). The summed E-state index contributed by atoms with van der Waals surface area (Å²) in [6, 6.07) is 14.1. The van der Waals surface area contributed by atoms with Gasteiger partial charge in [-0.05, 0) is 36.4 Å². The Labute approximate surface area is 154 Å². The number of amides is 1. The fourth-order valence-electron chi connectivity index (χ4n) is 2.87. The fourth-order valence-corrected chi connectivity index (χ4v) is 4.69. The molecule has 5 nitrogen and oxygen atoms in total. The molecule has 3 heterocycles. The highest BCUT2D eigenvalue weighted by atomic mass is 32.2. The van der Waals surface area contributed by atoms with Crippen LogP contribution in [-0.4, -0.2) is 32.5 Å². The first kappa shape index (κ1) is 16.4. The second-order valence-electron chi connectivity index (χ2n) is 5.85. The molecule has 1 saturated heterocycles. The van der Waals surface area contributed by atoms with Crippen molar-refractivity contribution < 1.29 is 4.79 Å². The van der Waals surface area contributed by atoms with E-state index in [1.54, 1.807) is 11.3 Å². The zero-order valence-corrected chi connectivity index (χ0v) is 15.2. The van der Waals surface area contributed by atoms with Crippen LogP contribution in [0.2, 0.25) is 0 Å². The minimum absolute atomic E-state index is 0.0998. The van der Waals surface area contributed by atoms with Crippen molar-refractivity contribution in [3.05, 3.63) is 47.8 Å². The molecule has 0 aliphatic carbocycles. The molecule has 1 amide bonds. The maximum atomic E-state index is 12.3. The third kappa shape index (κ3) is 3.48. The Morgan fingerprint density at radius 2 is 2.00 bits per heavy atom. The summed E-state index contributed by atoms with van der Waals surface area (Å²) in [6.07, 6.45) is 2.95. The van der Waals surface area contributed by atoms with Crippen LogP contribution < -0.4 is 5.32 Å². The van der Waals surface area contributed by atoms with Crippen LogP contribution in [-0.2, 0) is 4.79 Å². The lowest BCUT2D eigenvalue weighted by atomic mass is 10.2. The predicted octanol–water partition coefficient (Wildman–Crippen LogP) is 3.76. The van der Waals surface area contributed by atoms with Gasteiger partial charge in [-0.3, -0.25) is 9.36 Å². The maximum Gasteiger partial charge on any atom is 0.233 e. The van der Waals surface area contributed by atoms with Gasteiger partial charge in [-0.1, -0.05) is 42.4 Å². The molecule has 2 aromatic heterocycles. The quantitative estimate of drug-likeness (QED) is 0.760. The highest BCUT2D eigenvalue weighted by Crippen LogP contribution is 2.33. The van der Waals surface area contributed by atoms with E-state index in [-0.39, 0.29) is 11.2 Å². The average Bonchev–Trinajstić information content (AvgIpc) is 3.26. The summed E-state index contributed by atoms with van der Waals surface area (Å²) in [5, 5.41) is 14.5. The molecule has 0 radical (unpaired) electrons. The molecule has 25 heavy (non-hydrogen) atoms. The van der Waals surface area contributed by atoms with E-state index in [1.165, 1.54) is 11.8 Å². The first-order chi connectivity index (χ1) is 12.3. The van der Waals surface area contributed by atoms with Crippen molar-refractivity contribution in [2.45, 2.75) is 29.7 Å². The average molecular weight is 371 g/mol. The summed E-state index contributed by atoms with van der Waals surface area (Å²) in [7, 11) is 0. The number of thioether (sulfide) groups is 1. The number of rotatable bonds is 4. The summed E-state index contributed by atoms with van der Waals surface area (Å²) < 4.78 is 2.05. The van der Waals surface area contributed by atoms with E-state index in [2.05, 4.69) is 20.1 Å². The summed E-state index contributed by atoms with van der Waals surface area (Å²) in [6.45, 7) is 0.766. The Morgan fingerprint density at radius 1 is 1.12 bits per heavy atom. The fraction of sp³-hybridized carbons (Fsp3) is 0.278. The summed E-state index contributed by atoms with van der Waals surface area (Å²) in [5.74, 6) is 0.917. The molecule has 3 aromatic rings. The van der Waals surface area contributed by atoms with Crippen molar-refractivity contribution in [2.24, 2.45) is 0 Å². The van der Waals surface area contributed by atoms with E-state index in [4.69, 9.17) is 0 Å². The standard InChI is InChI=1S/C18H18N4OS2/c23-17-15(9-4-5-11-19-17)25-18-21-20-16(14-10-6-12-24-14)22(18)13-7-2-1-3-8-13/h1-3,6-8,10,12,15H,4-5,9,11H2,(H,19,23)/t15-/m0/s1. The van der Waals surface area contributed by atoms with Crippen LogP contribution in [0.4, 0.5) is 0 Å². The van der Waals surface area contributed by atoms with Crippen LogP contribution in [0.5, 0.6) is 0 Å². The summed E-state index contributed by atoms with van der Waals surface area (Å²) >= 11 is 3.14. The van der Waals surface area contributed by atoms with Gasteiger partial charge in [0.15, 0.2) is 11.0 Å². The number of para-hydroxylation sites is 1. The Hall–Kier alpha value is -2.12. The van der Waals surface area contributed by atoms with E-state index in [9.17, 15) is 4.79 Å². The molecule has 0 unspecified atom stereocenters. The largest absolute Gasteiger partial charge is 0.355 e. The predicted molar refractivity (Wildman–Crippen MR) is 101 cm³/mol. The van der Waals surface area contributed by atoms with Crippen LogP contribution in [0.25, 0.3) is 16.4 Å². The van der Waals surface area contributed by atoms with Gasteiger partial charge in [-0.2, -0.15) is 0 Å². The van der Waals surface area contributed by atoms with Crippen molar-refractivity contribution in [1.82, 2.24) is 20.1 Å². The minimum atomic E-state index is -0.120. The molecular weight excluding hydrogens is 352 g/mol. The number of benzene rings is 1. The van der Waals surface area contributed by atoms with Crippen molar-refractivity contribution in [2.75, 3.05) is 6.54 Å². The van der Waals surface area contributed by atoms with Crippen LogP contribution in [0.1, 0.15) is 19.3 Å². The SMILES string of the molecule is O=C1NCCCC[C@@H]1Sc1nnc(-c2cccs2)n1-c1ccccc1. The lowest BCUT2D eigenvalue weighted by Gasteiger charge is -2.14. The van der Waals surface area contributed by atoms with Crippen molar-refractivity contribution in [1.29, 1.82) is 0 Å². The van der Waals surface area contributed by atoms with Crippen LogP contribution >= 0.6 is 23.1 Å². The number of thiophene rings is 1. The third-order valence-corrected chi connectivity index (χ3v) is 6.20. The lowest BCUT2D eigenvalue weighted by molar-refractivity contribution is -0.120. The molecule has 0 bridgehead atoms. The van der Waals surface area contributed by atoms with Gasteiger partial charge in [0.2, 0.25) is 5.91 Å². The zero-order valence-electron chi connectivity index (χ0n) is 13.6. The molecule has 1 fully saturated rings. The number of carbonyl (C=O) groups excluding carboxylic acids is 1. The summed E-state index contributed by atoms with van der Waals surface area (Å²) in [4.78, 5) is 13.4. The van der Waals surface area contributed by atoms with Crippen molar-refractivity contribution >= 4 is 29.0 Å². The first-order valence-corrected chi connectivity index (χ1v) is 10.1. The molecule has 0 saturated carbocycles. The highest BCUT2D eigenvalue weighted by Gasteiger charge is 2.26. The van der Waals surface area contributed by atoms with Gasteiger partial charge in [0.1, 0.15) is 0 Å². The van der Waals surface area contributed by atoms with Gasteiger partial charge < -0.3 is 5.32 Å². The normalized spacial score (nSPS) is 17.9. The number of hydrogen-bond donors (Lipinski definition) is 1. The van der Waals surface area contributed by atoms with Gasteiger partial charge in [-0.25, -0.2) is 0 Å². The van der Waals surface area contributed by atoms with E-state index in [1.807, 2.05) is 47.8 Å². The Balaban J connectivity index is 1.74. The number of carbonyl (C=O) groups is 1.